The van der Waals surface area contributed by atoms with E-state index in [4.69, 9.17) is 5.11 Å². The van der Waals surface area contributed by atoms with Crippen LogP contribution in [0.5, 0.6) is 0 Å². The van der Waals surface area contributed by atoms with Crippen molar-refractivity contribution in [3.05, 3.63) is 35.1 Å². The van der Waals surface area contributed by atoms with Gasteiger partial charge in [-0.1, -0.05) is 12.1 Å². The van der Waals surface area contributed by atoms with Crippen LogP contribution < -0.4 is 0 Å². The van der Waals surface area contributed by atoms with Gasteiger partial charge in [-0.2, -0.15) is 0 Å². The Kier molecular flexibility index (Phi) is 4.34. The highest BCUT2D eigenvalue weighted by atomic mass is 19.3. The molecule has 0 saturated carbocycles. The number of halogens is 3. The van der Waals surface area contributed by atoms with E-state index < -0.39 is 23.8 Å². The molecule has 1 aromatic carbocycles. The molecule has 0 aliphatic carbocycles. The molecule has 0 aromatic heterocycles. The van der Waals surface area contributed by atoms with Crippen LogP contribution in [-0.4, -0.2) is 11.1 Å². The lowest BCUT2D eigenvalue weighted by Crippen LogP contribution is -1.97. The van der Waals surface area contributed by atoms with E-state index in [1.807, 2.05) is 0 Å². The Morgan fingerprint density at radius 2 is 2.06 bits per heavy atom. The minimum Gasteiger partial charge on any atom is -0.481 e. The molecule has 0 unspecified atom stereocenters. The lowest BCUT2D eigenvalue weighted by molar-refractivity contribution is -0.137. The van der Waals surface area contributed by atoms with Crippen molar-refractivity contribution in [2.75, 3.05) is 0 Å². The van der Waals surface area contributed by atoms with Gasteiger partial charge >= 0.3 is 5.97 Å². The molecule has 0 fully saturated rings. The summed E-state index contributed by atoms with van der Waals surface area (Å²) >= 11 is 0. The minimum absolute atomic E-state index is 0.0157. The van der Waals surface area contributed by atoms with Crippen molar-refractivity contribution >= 4 is 5.97 Å². The summed E-state index contributed by atoms with van der Waals surface area (Å²) in [6, 6.07) is 3.46. The summed E-state index contributed by atoms with van der Waals surface area (Å²) in [6.45, 7) is 0. The number of aliphatic carboxylic acids is 1. The molecule has 0 amide bonds. The zero-order chi connectivity index (χ0) is 12.1. The smallest absolute Gasteiger partial charge is 0.303 e. The Morgan fingerprint density at radius 3 is 2.56 bits per heavy atom. The van der Waals surface area contributed by atoms with Gasteiger partial charge in [0.2, 0.25) is 0 Å². The van der Waals surface area contributed by atoms with Crippen molar-refractivity contribution in [2.24, 2.45) is 0 Å². The van der Waals surface area contributed by atoms with Gasteiger partial charge in [-0.15, -0.1) is 0 Å². The molecule has 5 heteroatoms. The Bertz CT molecular complexity index is 377. The summed E-state index contributed by atoms with van der Waals surface area (Å²) in [5.74, 6) is -1.87. The normalized spacial score (nSPS) is 10.8. The number of rotatable bonds is 5. The lowest BCUT2D eigenvalue weighted by atomic mass is 10.1. The fraction of sp³-hybridized carbons (Fsp3) is 0.364. The average Bonchev–Trinajstić information content (AvgIpc) is 2.16. The molecule has 0 radical (unpaired) electrons. The number of alkyl halides is 2. The molecule has 0 atom stereocenters. The minimum atomic E-state index is -2.83. The van der Waals surface area contributed by atoms with Crippen molar-refractivity contribution in [3.63, 3.8) is 0 Å². The van der Waals surface area contributed by atoms with Gasteiger partial charge in [-0.3, -0.25) is 4.79 Å². The maximum Gasteiger partial charge on any atom is 0.303 e. The molecule has 1 aromatic rings. The molecule has 1 rings (SSSR count). The first-order chi connectivity index (χ1) is 7.50. The van der Waals surface area contributed by atoms with Crippen LogP contribution in [0.2, 0.25) is 0 Å². The van der Waals surface area contributed by atoms with E-state index in [1.165, 1.54) is 6.07 Å². The predicted molar refractivity (Wildman–Crippen MR) is 51.9 cm³/mol. The monoisotopic (exact) mass is 232 g/mol. The van der Waals surface area contributed by atoms with Crippen LogP contribution in [0.15, 0.2) is 18.2 Å². The molecule has 1 N–H and O–H groups in total. The van der Waals surface area contributed by atoms with Crippen molar-refractivity contribution in [2.45, 2.75) is 25.7 Å². The van der Waals surface area contributed by atoms with Crippen LogP contribution in [0.25, 0.3) is 0 Å². The van der Waals surface area contributed by atoms with E-state index >= 15 is 0 Å². The van der Waals surface area contributed by atoms with E-state index in [0.717, 1.165) is 12.1 Å². The molecule has 0 spiro atoms. The molecule has 0 aliphatic rings. The second kappa shape index (κ2) is 5.53. The predicted octanol–water partition coefficient (Wildman–Crippen LogP) is 3.17. The van der Waals surface area contributed by atoms with Gasteiger partial charge in [0.25, 0.3) is 6.43 Å². The molecule has 2 nitrogen and oxygen atoms in total. The van der Waals surface area contributed by atoms with Crippen molar-refractivity contribution < 1.29 is 23.1 Å². The molecule has 0 aliphatic heterocycles. The van der Waals surface area contributed by atoms with Crippen molar-refractivity contribution in [1.82, 2.24) is 0 Å². The summed E-state index contributed by atoms with van der Waals surface area (Å²) in [7, 11) is 0. The Hall–Kier alpha value is -1.52. The fourth-order valence-electron chi connectivity index (χ4n) is 1.35. The lowest BCUT2D eigenvalue weighted by Gasteiger charge is -2.04. The first-order valence-corrected chi connectivity index (χ1v) is 4.79. The van der Waals surface area contributed by atoms with E-state index in [1.54, 1.807) is 0 Å². The van der Waals surface area contributed by atoms with Gasteiger partial charge in [-0.05, 0) is 24.5 Å². The number of benzene rings is 1. The van der Waals surface area contributed by atoms with Gasteiger partial charge < -0.3 is 5.11 Å². The fourth-order valence-corrected chi connectivity index (χ4v) is 1.35. The van der Waals surface area contributed by atoms with Gasteiger partial charge in [0.05, 0.1) is 5.56 Å². The number of hydrogen-bond donors (Lipinski definition) is 1. The first kappa shape index (κ1) is 12.5. The van der Waals surface area contributed by atoms with Crippen molar-refractivity contribution in [1.29, 1.82) is 0 Å². The number of carboxylic acids is 1. The largest absolute Gasteiger partial charge is 0.481 e. The zero-order valence-electron chi connectivity index (χ0n) is 8.42. The maximum atomic E-state index is 13.1. The third-order valence-electron chi connectivity index (χ3n) is 2.16. The van der Waals surface area contributed by atoms with E-state index in [2.05, 4.69) is 0 Å². The first-order valence-electron chi connectivity index (χ1n) is 4.79. The third-order valence-corrected chi connectivity index (χ3v) is 2.16. The van der Waals surface area contributed by atoms with Gasteiger partial charge in [0, 0.05) is 6.42 Å². The average molecular weight is 232 g/mol. The highest BCUT2D eigenvalue weighted by Crippen LogP contribution is 2.23. The van der Waals surface area contributed by atoms with Crippen molar-refractivity contribution in [3.8, 4) is 0 Å². The molecular weight excluding hydrogens is 221 g/mol. The second-order valence-corrected chi connectivity index (χ2v) is 3.40. The maximum absolute atomic E-state index is 13.1. The third kappa shape index (κ3) is 3.56. The molecule has 0 saturated heterocycles. The molecule has 0 heterocycles. The highest BCUT2D eigenvalue weighted by Gasteiger charge is 2.13. The molecular formula is C11H11F3O2. The van der Waals surface area contributed by atoms with Crippen LogP contribution in [0.1, 0.15) is 30.4 Å². The van der Waals surface area contributed by atoms with Crippen LogP contribution in [0.3, 0.4) is 0 Å². The topological polar surface area (TPSA) is 37.3 Å². The summed E-state index contributed by atoms with van der Waals surface area (Å²) < 4.78 is 37.5. The Morgan fingerprint density at radius 1 is 1.38 bits per heavy atom. The summed E-state index contributed by atoms with van der Waals surface area (Å²) in [4.78, 5) is 10.2. The van der Waals surface area contributed by atoms with Crippen LogP contribution in [0, 0.1) is 5.82 Å². The van der Waals surface area contributed by atoms with Gasteiger partial charge in [0.15, 0.2) is 0 Å². The zero-order valence-corrected chi connectivity index (χ0v) is 8.42. The Labute approximate surface area is 90.7 Å². The standard InChI is InChI=1S/C11H11F3O2/c12-9-6-7(2-1-3-10(15)16)4-5-8(9)11(13)14/h4-6,11H,1-3H2,(H,15,16). The van der Waals surface area contributed by atoms with E-state index in [9.17, 15) is 18.0 Å². The van der Waals surface area contributed by atoms with Gasteiger partial charge in [0.1, 0.15) is 5.82 Å². The second-order valence-electron chi connectivity index (χ2n) is 3.40. The Balaban J connectivity index is 2.63. The van der Waals surface area contributed by atoms with Crippen LogP contribution in [-0.2, 0) is 11.2 Å². The van der Waals surface area contributed by atoms with Crippen LogP contribution >= 0.6 is 0 Å². The van der Waals surface area contributed by atoms with E-state index in [0.29, 0.717) is 18.4 Å². The molecule has 88 valence electrons. The summed E-state index contributed by atoms with van der Waals surface area (Å²) in [5, 5.41) is 8.39. The SMILES string of the molecule is O=C(O)CCCc1ccc(C(F)F)c(F)c1. The number of carbonyl (C=O) groups is 1. The summed E-state index contributed by atoms with van der Waals surface area (Å²) in [6.07, 6.45) is -2.11. The molecule has 0 bridgehead atoms. The quantitative estimate of drug-likeness (QED) is 0.846. The van der Waals surface area contributed by atoms with Crippen LogP contribution in [0.4, 0.5) is 13.2 Å². The summed E-state index contributed by atoms with van der Waals surface area (Å²) in [5.41, 5.74) is -0.0925. The number of aryl methyl sites for hydroxylation is 1. The van der Waals surface area contributed by atoms with E-state index in [-0.39, 0.29) is 6.42 Å². The number of hydrogen-bond acceptors (Lipinski definition) is 1. The van der Waals surface area contributed by atoms with Gasteiger partial charge in [-0.25, -0.2) is 13.2 Å². The highest BCUT2D eigenvalue weighted by molar-refractivity contribution is 5.66. The molecule has 16 heavy (non-hydrogen) atoms. The number of carboxylic acid groups (broad SMARTS) is 1.